The molecule has 1 heterocycles. The molecule has 0 radical (unpaired) electrons. The molecule has 0 amide bonds. The first-order valence-electron chi connectivity index (χ1n) is 14.7. The number of ether oxygens (including phenoxy) is 1. The van der Waals surface area contributed by atoms with Gasteiger partial charge in [-0.25, -0.2) is 4.79 Å². The van der Waals surface area contributed by atoms with E-state index >= 15 is 0 Å². The summed E-state index contributed by atoms with van der Waals surface area (Å²) in [5, 5.41) is 9.39. The lowest BCUT2D eigenvalue weighted by molar-refractivity contribution is -0.142. The lowest BCUT2D eigenvalue weighted by atomic mass is 9.78. The molecule has 0 saturated heterocycles. The van der Waals surface area contributed by atoms with E-state index in [2.05, 4.69) is 25.1 Å². The average Bonchev–Trinajstić information content (AvgIpc) is 2.93. The molecule has 4 heteroatoms. The Bertz CT molecular complexity index is 984. The van der Waals surface area contributed by atoms with Crippen LogP contribution < -0.4 is 4.74 Å². The van der Waals surface area contributed by atoms with E-state index in [9.17, 15) is 10.1 Å². The summed E-state index contributed by atoms with van der Waals surface area (Å²) in [7, 11) is 0. The molecule has 1 fully saturated rings. The van der Waals surface area contributed by atoms with Crippen LogP contribution in [0.2, 0.25) is 0 Å². The predicted octanol–water partition coefficient (Wildman–Crippen LogP) is 9.08. The van der Waals surface area contributed by atoms with Crippen LogP contribution in [0.4, 0.5) is 0 Å². The second-order valence-corrected chi connectivity index (χ2v) is 11.3. The van der Waals surface area contributed by atoms with Gasteiger partial charge in [0.2, 0.25) is 0 Å². The van der Waals surface area contributed by atoms with Crippen molar-refractivity contribution in [1.29, 1.82) is 5.26 Å². The zero-order valence-electron chi connectivity index (χ0n) is 23.3. The number of carbonyl (C=O) groups excluding carboxylic acids is 1. The van der Waals surface area contributed by atoms with Crippen LogP contribution in [0.25, 0.3) is 11.3 Å². The number of nitrogens with zero attached hydrogens (tertiary/aromatic N) is 2. The minimum absolute atomic E-state index is 0.453. The highest BCUT2D eigenvalue weighted by atomic mass is 16.5. The number of rotatable bonds is 14. The molecule has 1 saturated carbocycles. The fourth-order valence-electron chi connectivity index (χ4n) is 5.58. The third kappa shape index (κ3) is 8.99. The Labute approximate surface area is 224 Å². The second-order valence-electron chi connectivity index (χ2n) is 11.3. The topological polar surface area (TPSA) is 63.0 Å². The minimum Gasteiger partial charge on any atom is -0.425 e. The first-order chi connectivity index (χ1) is 18.0. The van der Waals surface area contributed by atoms with Gasteiger partial charge in [-0.05, 0) is 73.9 Å². The molecule has 200 valence electrons. The lowest BCUT2D eigenvalue weighted by Gasteiger charge is -2.28. The number of carbonyl (C=O) groups is 1. The second kappa shape index (κ2) is 14.9. The first kappa shape index (κ1) is 28.9. The lowest BCUT2D eigenvalue weighted by Crippen LogP contribution is -2.30. The van der Waals surface area contributed by atoms with Crippen molar-refractivity contribution in [2.75, 3.05) is 0 Å². The zero-order valence-corrected chi connectivity index (χ0v) is 23.3. The molecule has 2 aromatic rings. The van der Waals surface area contributed by atoms with Gasteiger partial charge in [0.15, 0.2) is 5.41 Å². The maximum absolute atomic E-state index is 12.5. The van der Waals surface area contributed by atoms with E-state index in [1.54, 1.807) is 19.1 Å². The van der Waals surface area contributed by atoms with Gasteiger partial charge in [-0.15, -0.1) is 0 Å². The Balaban J connectivity index is 1.42. The van der Waals surface area contributed by atoms with Gasteiger partial charge in [0.05, 0.1) is 11.8 Å². The van der Waals surface area contributed by atoms with Gasteiger partial charge in [-0.3, -0.25) is 4.98 Å². The summed E-state index contributed by atoms with van der Waals surface area (Å²) in [6.45, 7) is 5.88. The predicted molar refractivity (Wildman–Crippen MR) is 151 cm³/mol. The van der Waals surface area contributed by atoms with Gasteiger partial charge < -0.3 is 4.74 Å². The van der Waals surface area contributed by atoms with E-state index in [0.717, 1.165) is 35.9 Å². The smallest absolute Gasteiger partial charge is 0.331 e. The normalized spacial score (nSPS) is 19.1. The summed E-state index contributed by atoms with van der Waals surface area (Å²) in [6, 6.07) is 13.8. The van der Waals surface area contributed by atoms with Crippen LogP contribution in [0, 0.1) is 28.6 Å². The fourth-order valence-corrected chi connectivity index (χ4v) is 5.58. The van der Waals surface area contributed by atoms with Crippen molar-refractivity contribution in [1.82, 2.24) is 4.98 Å². The highest BCUT2D eigenvalue weighted by molar-refractivity contribution is 5.81. The Morgan fingerprint density at radius 2 is 1.62 bits per heavy atom. The molecule has 1 aromatic heterocycles. The summed E-state index contributed by atoms with van der Waals surface area (Å²) >= 11 is 0. The van der Waals surface area contributed by atoms with Crippen molar-refractivity contribution >= 4 is 5.97 Å². The standard InChI is InChI=1S/C33H46N2O2/c1-4-6-7-8-9-10-26-11-13-27(14-12-26)15-16-28-17-22-31(35-24-28)29-18-20-30(21-19-29)37-32(36)33(3,25-34)23-5-2/h17-22,24,26-27H,4-16,23H2,1-3H3. The Morgan fingerprint density at radius 3 is 2.22 bits per heavy atom. The van der Waals surface area contributed by atoms with E-state index in [1.165, 1.54) is 76.2 Å². The molecule has 0 bridgehead atoms. The number of aryl methyl sites for hydroxylation is 1. The molecule has 1 aliphatic rings. The fraction of sp³-hybridized carbons (Fsp3) is 0.606. The molecule has 37 heavy (non-hydrogen) atoms. The van der Waals surface area contributed by atoms with Crippen LogP contribution in [-0.4, -0.2) is 11.0 Å². The molecule has 0 N–H and O–H groups in total. The van der Waals surface area contributed by atoms with Crippen LogP contribution in [0.5, 0.6) is 5.75 Å². The van der Waals surface area contributed by atoms with E-state index in [1.807, 2.05) is 25.3 Å². The third-order valence-corrected chi connectivity index (χ3v) is 8.16. The molecular weight excluding hydrogens is 456 g/mol. The van der Waals surface area contributed by atoms with Crippen molar-refractivity contribution in [3.05, 3.63) is 48.2 Å². The number of hydrogen-bond acceptors (Lipinski definition) is 4. The largest absolute Gasteiger partial charge is 0.425 e. The molecule has 1 unspecified atom stereocenters. The number of benzene rings is 1. The zero-order chi connectivity index (χ0) is 26.5. The average molecular weight is 503 g/mol. The van der Waals surface area contributed by atoms with Gasteiger partial charge in [0.25, 0.3) is 0 Å². The van der Waals surface area contributed by atoms with Crippen LogP contribution in [0.15, 0.2) is 42.6 Å². The van der Waals surface area contributed by atoms with Gasteiger partial charge >= 0.3 is 5.97 Å². The molecule has 1 aliphatic carbocycles. The quantitative estimate of drug-likeness (QED) is 0.147. The van der Waals surface area contributed by atoms with E-state index in [4.69, 9.17) is 9.72 Å². The molecule has 3 rings (SSSR count). The van der Waals surface area contributed by atoms with Crippen molar-refractivity contribution in [2.45, 2.75) is 111 Å². The van der Waals surface area contributed by atoms with Crippen LogP contribution in [0.1, 0.15) is 110 Å². The van der Waals surface area contributed by atoms with Gasteiger partial charge in [-0.2, -0.15) is 5.26 Å². The Kier molecular flexibility index (Phi) is 11.6. The van der Waals surface area contributed by atoms with Gasteiger partial charge in [0.1, 0.15) is 5.75 Å². The van der Waals surface area contributed by atoms with Crippen LogP contribution >= 0.6 is 0 Å². The van der Waals surface area contributed by atoms with Gasteiger partial charge in [0, 0.05) is 11.8 Å². The van der Waals surface area contributed by atoms with E-state index in [-0.39, 0.29) is 0 Å². The number of hydrogen-bond donors (Lipinski definition) is 0. The van der Waals surface area contributed by atoms with Crippen LogP contribution in [0.3, 0.4) is 0 Å². The van der Waals surface area contributed by atoms with Gasteiger partial charge in [-0.1, -0.05) is 90.5 Å². The number of unbranched alkanes of at least 4 members (excludes halogenated alkanes) is 4. The third-order valence-electron chi connectivity index (χ3n) is 8.16. The van der Waals surface area contributed by atoms with E-state index < -0.39 is 11.4 Å². The minimum atomic E-state index is -1.11. The van der Waals surface area contributed by atoms with Crippen molar-refractivity contribution in [3.63, 3.8) is 0 Å². The SMILES string of the molecule is CCCCCCCC1CCC(CCc2ccc(-c3ccc(OC(=O)C(C)(C#N)CCC)cc3)nc2)CC1. The monoisotopic (exact) mass is 502 g/mol. The highest BCUT2D eigenvalue weighted by Crippen LogP contribution is 2.34. The molecule has 1 aromatic carbocycles. The first-order valence-corrected chi connectivity index (χ1v) is 14.7. The summed E-state index contributed by atoms with van der Waals surface area (Å²) < 4.78 is 5.48. The maximum atomic E-state index is 12.5. The molecular formula is C33H46N2O2. The van der Waals surface area contributed by atoms with Crippen molar-refractivity contribution in [3.8, 4) is 23.1 Å². The molecule has 0 aliphatic heterocycles. The summed E-state index contributed by atoms with van der Waals surface area (Å²) in [5.41, 5.74) is 2.09. The highest BCUT2D eigenvalue weighted by Gasteiger charge is 2.34. The number of esters is 1. The summed E-state index contributed by atoms with van der Waals surface area (Å²) in [6.07, 6.45) is 19.7. The number of aromatic nitrogens is 1. The molecule has 1 atom stereocenters. The summed E-state index contributed by atoms with van der Waals surface area (Å²) in [5.74, 6) is 1.80. The number of nitriles is 1. The van der Waals surface area contributed by atoms with Crippen molar-refractivity contribution < 1.29 is 9.53 Å². The van der Waals surface area contributed by atoms with Crippen LogP contribution in [-0.2, 0) is 11.2 Å². The molecule has 0 spiro atoms. The van der Waals surface area contributed by atoms with E-state index in [0.29, 0.717) is 12.2 Å². The maximum Gasteiger partial charge on any atom is 0.331 e. The Hall–Kier alpha value is -2.67. The Morgan fingerprint density at radius 1 is 0.946 bits per heavy atom. The molecule has 4 nitrogen and oxygen atoms in total. The van der Waals surface area contributed by atoms with Crippen molar-refractivity contribution in [2.24, 2.45) is 17.3 Å². The number of pyridine rings is 1. The summed E-state index contributed by atoms with van der Waals surface area (Å²) in [4.78, 5) is 17.2.